The van der Waals surface area contributed by atoms with E-state index < -0.39 is 11.6 Å². The summed E-state index contributed by atoms with van der Waals surface area (Å²) in [4.78, 5) is 11.9. The Hall–Kier alpha value is -2.83. The SMILES string of the molecule is COc1cc(NC(=O)CNc2cc(F)cc(F)c2)cc(OC)c1. The van der Waals surface area contributed by atoms with E-state index in [0.29, 0.717) is 17.2 Å². The van der Waals surface area contributed by atoms with Crippen LogP contribution in [0.3, 0.4) is 0 Å². The zero-order valence-corrected chi connectivity index (χ0v) is 12.7. The summed E-state index contributed by atoms with van der Waals surface area (Å²) in [6.45, 7) is -0.150. The highest BCUT2D eigenvalue weighted by Crippen LogP contribution is 2.25. The molecule has 0 atom stereocenters. The third kappa shape index (κ3) is 4.84. The van der Waals surface area contributed by atoms with Crippen LogP contribution in [-0.2, 0) is 4.79 Å². The first-order valence-electron chi connectivity index (χ1n) is 6.73. The van der Waals surface area contributed by atoms with Crippen molar-refractivity contribution < 1.29 is 23.0 Å². The molecule has 5 nitrogen and oxygen atoms in total. The van der Waals surface area contributed by atoms with Gasteiger partial charge in [-0.15, -0.1) is 0 Å². The largest absolute Gasteiger partial charge is 0.497 e. The van der Waals surface area contributed by atoms with Crippen LogP contribution in [0.4, 0.5) is 20.2 Å². The number of halogens is 2. The van der Waals surface area contributed by atoms with Gasteiger partial charge in [0.1, 0.15) is 23.1 Å². The molecule has 0 saturated carbocycles. The lowest BCUT2D eigenvalue weighted by Crippen LogP contribution is -2.21. The Bertz CT molecular complexity index is 665. The van der Waals surface area contributed by atoms with Crippen LogP contribution in [-0.4, -0.2) is 26.7 Å². The Morgan fingerprint density at radius 2 is 1.48 bits per heavy atom. The third-order valence-corrected chi connectivity index (χ3v) is 2.95. The Balaban J connectivity index is 1.99. The predicted octanol–water partition coefficient (Wildman–Crippen LogP) is 3.03. The number of benzene rings is 2. The van der Waals surface area contributed by atoms with E-state index >= 15 is 0 Å². The molecule has 0 aliphatic heterocycles. The van der Waals surface area contributed by atoms with Gasteiger partial charge < -0.3 is 20.1 Å². The average molecular weight is 322 g/mol. The molecule has 0 heterocycles. The molecule has 0 spiro atoms. The fourth-order valence-electron chi connectivity index (χ4n) is 1.92. The zero-order valence-electron chi connectivity index (χ0n) is 12.7. The van der Waals surface area contributed by atoms with E-state index in [4.69, 9.17) is 9.47 Å². The van der Waals surface area contributed by atoms with Gasteiger partial charge in [0, 0.05) is 35.6 Å². The smallest absolute Gasteiger partial charge is 0.243 e. The first kappa shape index (κ1) is 16.5. The standard InChI is InChI=1S/C16H16F2N2O3/c1-22-14-6-13(7-15(8-14)23-2)20-16(21)9-19-12-4-10(17)3-11(18)5-12/h3-8,19H,9H2,1-2H3,(H,20,21). The molecular formula is C16H16F2N2O3. The van der Waals surface area contributed by atoms with Gasteiger partial charge in [-0.2, -0.15) is 0 Å². The fraction of sp³-hybridized carbons (Fsp3) is 0.188. The fourth-order valence-corrected chi connectivity index (χ4v) is 1.92. The number of hydrogen-bond acceptors (Lipinski definition) is 4. The molecule has 0 fully saturated rings. The number of ether oxygens (including phenoxy) is 2. The Morgan fingerprint density at radius 1 is 0.913 bits per heavy atom. The molecule has 122 valence electrons. The number of amides is 1. The molecule has 0 saturated heterocycles. The van der Waals surface area contributed by atoms with Crippen molar-refractivity contribution in [3.63, 3.8) is 0 Å². The van der Waals surface area contributed by atoms with Crippen molar-refractivity contribution in [2.45, 2.75) is 0 Å². The summed E-state index contributed by atoms with van der Waals surface area (Å²) in [5.74, 6) is -0.763. The van der Waals surface area contributed by atoms with Crippen LogP contribution >= 0.6 is 0 Å². The molecule has 7 heteroatoms. The summed E-state index contributed by atoms with van der Waals surface area (Å²) in [7, 11) is 3.00. The third-order valence-electron chi connectivity index (χ3n) is 2.95. The highest BCUT2D eigenvalue weighted by Gasteiger charge is 2.07. The van der Waals surface area contributed by atoms with Gasteiger partial charge in [-0.1, -0.05) is 0 Å². The number of rotatable bonds is 6. The quantitative estimate of drug-likeness (QED) is 0.858. The summed E-state index contributed by atoms with van der Waals surface area (Å²) >= 11 is 0. The minimum absolute atomic E-state index is 0.150. The molecular weight excluding hydrogens is 306 g/mol. The van der Waals surface area contributed by atoms with Crippen LogP contribution in [0.5, 0.6) is 11.5 Å². The number of hydrogen-bond donors (Lipinski definition) is 2. The molecule has 0 aliphatic carbocycles. The number of nitrogens with one attached hydrogen (secondary N) is 2. The molecule has 0 bridgehead atoms. The van der Waals surface area contributed by atoms with Gasteiger partial charge in [-0.25, -0.2) is 8.78 Å². The molecule has 0 unspecified atom stereocenters. The molecule has 2 N–H and O–H groups in total. The van der Waals surface area contributed by atoms with Crippen LogP contribution in [0.1, 0.15) is 0 Å². The summed E-state index contributed by atoms with van der Waals surface area (Å²) in [5.41, 5.74) is 0.666. The van der Waals surface area contributed by atoms with Gasteiger partial charge in [-0.05, 0) is 12.1 Å². The van der Waals surface area contributed by atoms with E-state index in [-0.39, 0.29) is 18.1 Å². The van der Waals surface area contributed by atoms with Crippen molar-refractivity contribution in [2.75, 3.05) is 31.4 Å². The zero-order chi connectivity index (χ0) is 16.8. The van der Waals surface area contributed by atoms with Crippen LogP contribution in [0.2, 0.25) is 0 Å². The van der Waals surface area contributed by atoms with Crippen LogP contribution < -0.4 is 20.1 Å². The summed E-state index contributed by atoms with van der Waals surface area (Å²) < 4.78 is 36.3. The van der Waals surface area contributed by atoms with Crippen molar-refractivity contribution in [3.8, 4) is 11.5 Å². The Labute approximate surface area is 132 Å². The second-order valence-corrected chi connectivity index (χ2v) is 4.66. The van der Waals surface area contributed by atoms with E-state index in [2.05, 4.69) is 10.6 Å². The summed E-state index contributed by atoms with van der Waals surface area (Å²) in [6, 6.07) is 7.89. The minimum Gasteiger partial charge on any atom is -0.497 e. The van der Waals surface area contributed by atoms with Crippen molar-refractivity contribution >= 4 is 17.3 Å². The highest BCUT2D eigenvalue weighted by atomic mass is 19.1. The minimum atomic E-state index is -0.717. The van der Waals surface area contributed by atoms with Crippen LogP contribution in [0.25, 0.3) is 0 Å². The van der Waals surface area contributed by atoms with Gasteiger partial charge in [0.15, 0.2) is 0 Å². The van der Waals surface area contributed by atoms with Crippen molar-refractivity contribution in [3.05, 3.63) is 48.0 Å². The molecule has 2 rings (SSSR count). The first-order valence-corrected chi connectivity index (χ1v) is 6.73. The van der Waals surface area contributed by atoms with Crippen LogP contribution in [0, 0.1) is 11.6 Å². The van der Waals surface area contributed by atoms with E-state index in [9.17, 15) is 13.6 Å². The van der Waals surface area contributed by atoms with Gasteiger partial charge >= 0.3 is 0 Å². The van der Waals surface area contributed by atoms with Gasteiger partial charge in [0.2, 0.25) is 5.91 Å². The molecule has 23 heavy (non-hydrogen) atoms. The number of methoxy groups -OCH3 is 2. The van der Waals surface area contributed by atoms with Gasteiger partial charge in [0.05, 0.1) is 20.8 Å². The molecule has 2 aromatic rings. The van der Waals surface area contributed by atoms with Gasteiger partial charge in [-0.3, -0.25) is 4.79 Å². The van der Waals surface area contributed by atoms with E-state index in [1.165, 1.54) is 14.2 Å². The Kier molecular flexibility index (Phi) is 5.35. The highest BCUT2D eigenvalue weighted by molar-refractivity contribution is 5.94. The monoisotopic (exact) mass is 322 g/mol. The molecule has 0 aliphatic rings. The van der Waals surface area contributed by atoms with Gasteiger partial charge in [0.25, 0.3) is 0 Å². The maximum Gasteiger partial charge on any atom is 0.243 e. The number of carbonyl (C=O) groups is 1. The average Bonchev–Trinajstić information content (AvgIpc) is 2.51. The lowest BCUT2D eigenvalue weighted by Gasteiger charge is -2.11. The summed E-state index contributed by atoms with van der Waals surface area (Å²) in [5, 5.41) is 5.29. The Morgan fingerprint density at radius 3 is 2.00 bits per heavy atom. The molecule has 0 aromatic heterocycles. The maximum absolute atomic E-state index is 13.1. The van der Waals surface area contributed by atoms with Crippen LogP contribution in [0.15, 0.2) is 36.4 Å². The molecule has 0 radical (unpaired) electrons. The second-order valence-electron chi connectivity index (χ2n) is 4.66. The lowest BCUT2D eigenvalue weighted by atomic mass is 10.2. The lowest BCUT2D eigenvalue weighted by molar-refractivity contribution is -0.114. The van der Waals surface area contributed by atoms with Crippen molar-refractivity contribution in [2.24, 2.45) is 0 Å². The molecule has 1 amide bonds. The van der Waals surface area contributed by atoms with E-state index in [1.807, 2.05) is 0 Å². The van der Waals surface area contributed by atoms with Crippen molar-refractivity contribution in [1.29, 1.82) is 0 Å². The van der Waals surface area contributed by atoms with Crippen molar-refractivity contribution in [1.82, 2.24) is 0 Å². The topological polar surface area (TPSA) is 59.6 Å². The van der Waals surface area contributed by atoms with E-state index in [0.717, 1.165) is 18.2 Å². The molecule has 2 aromatic carbocycles. The predicted molar refractivity (Wildman–Crippen MR) is 83.0 cm³/mol. The summed E-state index contributed by atoms with van der Waals surface area (Å²) in [6.07, 6.45) is 0. The maximum atomic E-state index is 13.1. The van der Waals surface area contributed by atoms with E-state index in [1.54, 1.807) is 18.2 Å². The first-order chi connectivity index (χ1) is 11.0. The second kappa shape index (κ2) is 7.44. The number of anilines is 2. The normalized spacial score (nSPS) is 10.1. The number of carbonyl (C=O) groups excluding carboxylic acids is 1.